The number of carbonyl (C=O) groups excluding carboxylic acids is 2. The molecule has 34 heavy (non-hydrogen) atoms. The fourth-order valence-corrected chi connectivity index (χ4v) is 6.08. The van der Waals surface area contributed by atoms with Crippen LogP contribution in [0, 0.1) is 0 Å². The van der Waals surface area contributed by atoms with E-state index in [0.717, 1.165) is 63.4 Å². The van der Waals surface area contributed by atoms with Crippen molar-refractivity contribution in [1.82, 2.24) is 20.0 Å². The van der Waals surface area contributed by atoms with Crippen LogP contribution < -0.4 is 5.32 Å². The third kappa shape index (κ3) is 6.40. The average Bonchev–Trinajstić information content (AvgIpc) is 3.32. The van der Waals surface area contributed by atoms with E-state index in [4.69, 9.17) is 4.74 Å². The van der Waals surface area contributed by atoms with Crippen molar-refractivity contribution in [2.24, 2.45) is 0 Å². The van der Waals surface area contributed by atoms with E-state index in [-0.39, 0.29) is 17.9 Å². The van der Waals surface area contributed by atoms with Crippen LogP contribution in [-0.2, 0) is 20.7 Å². The summed E-state index contributed by atoms with van der Waals surface area (Å²) in [5, 5.41) is 3.27. The monoisotopic (exact) mass is 488 g/mol. The highest BCUT2D eigenvalue weighted by Crippen LogP contribution is 2.26. The zero-order valence-electron chi connectivity index (χ0n) is 20.8. The number of amides is 2. The molecule has 188 valence electrons. The number of likely N-dealkylation sites (N-methyl/N-ethyl adjacent to an activating group) is 1. The van der Waals surface area contributed by atoms with Crippen LogP contribution in [0.5, 0.6) is 0 Å². The fourth-order valence-electron chi connectivity index (χ4n) is 5.19. The van der Waals surface area contributed by atoms with E-state index < -0.39 is 6.04 Å². The van der Waals surface area contributed by atoms with Gasteiger partial charge in [0.05, 0.1) is 13.2 Å². The molecule has 0 spiro atoms. The van der Waals surface area contributed by atoms with Crippen LogP contribution in [-0.4, -0.2) is 91.6 Å². The Hall–Kier alpha value is -1.90. The highest BCUT2D eigenvalue weighted by molar-refractivity contribution is 7.12. The van der Waals surface area contributed by atoms with Gasteiger partial charge in [-0.25, -0.2) is 0 Å². The first-order chi connectivity index (χ1) is 16.5. The zero-order valence-corrected chi connectivity index (χ0v) is 21.6. The van der Waals surface area contributed by atoms with Gasteiger partial charge in [-0.3, -0.25) is 14.5 Å². The van der Waals surface area contributed by atoms with Gasteiger partial charge in [0, 0.05) is 55.6 Å². The average molecular weight is 489 g/mol. The minimum Gasteiger partial charge on any atom is -0.379 e. The van der Waals surface area contributed by atoms with Crippen LogP contribution in [0.3, 0.4) is 0 Å². The highest BCUT2D eigenvalue weighted by atomic mass is 32.1. The number of nitrogens with one attached hydrogen (secondary N) is 1. The maximum Gasteiger partial charge on any atom is 0.270 e. The molecule has 1 unspecified atom stereocenters. The second-order valence-electron chi connectivity index (χ2n) is 9.73. The molecule has 1 saturated carbocycles. The first kappa shape index (κ1) is 25.2. The van der Waals surface area contributed by atoms with Crippen molar-refractivity contribution >= 4 is 29.2 Å². The number of ether oxygens (including phenoxy) is 1. The molecule has 1 aromatic rings. The summed E-state index contributed by atoms with van der Waals surface area (Å²) >= 11 is 1.73. The lowest BCUT2D eigenvalue weighted by molar-refractivity contribution is -0.143. The molecule has 0 radical (unpaired) electrons. The molecule has 2 aliphatic heterocycles. The number of nitrogens with zero attached hydrogens (tertiary/aromatic N) is 3. The third-order valence-electron chi connectivity index (χ3n) is 7.26. The first-order valence-electron chi connectivity index (χ1n) is 13.0. The summed E-state index contributed by atoms with van der Waals surface area (Å²) < 4.78 is 5.45. The van der Waals surface area contributed by atoms with Gasteiger partial charge in [-0.1, -0.05) is 26.2 Å². The van der Waals surface area contributed by atoms with E-state index in [1.165, 1.54) is 24.1 Å². The molecule has 4 rings (SSSR count). The molecule has 0 aromatic carbocycles. The lowest BCUT2D eigenvalue weighted by Gasteiger charge is -2.42. The number of piperazine rings is 1. The van der Waals surface area contributed by atoms with Crippen molar-refractivity contribution in [3.8, 4) is 0 Å². The molecule has 7 nitrogen and oxygen atoms in total. The molecule has 2 saturated heterocycles. The van der Waals surface area contributed by atoms with Gasteiger partial charge in [-0.05, 0) is 43.9 Å². The van der Waals surface area contributed by atoms with E-state index in [0.29, 0.717) is 18.8 Å². The number of thiophene rings is 1. The quantitative estimate of drug-likeness (QED) is 0.570. The predicted octanol–water partition coefficient (Wildman–Crippen LogP) is 2.97. The van der Waals surface area contributed by atoms with Crippen molar-refractivity contribution in [3.05, 3.63) is 27.6 Å². The summed E-state index contributed by atoms with van der Waals surface area (Å²) in [5.74, 6) is -0.0344. The van der Waals surface area contributed by atoms with Gasteiger partial charge in [0.25, 0.3) is 5.91 Å². The Bertz CT molecular complexity index is 858. The largest absolute Gasteiger partial charge is 0.379 e. The minimum atomic E-state index is -0.448. The second-order valence-corrected chi connectivity index (χ2v) is 10.9. The number of hydrogen-bond acceptors (Lipinski definition) is 6. The molecule has 1 atom stereocenters. The van der Waals surface area contributed by atoms with Crippen molar-refractivity contribution < 1.29 is 14.3 Å². The topological polar surface area (TPSA) is 65.1 Å². The fraction of sp³-hybridized carbons (Fsp3) is 0.692. The second kappa shape index (κ2) is 12.2. The molecule has 8 heteroatoms. The Balaban J connectivity index is 1.48. The van der Waals surface area contributed by atoms with Crippen molar-refractivity contribution in [2.75, 3.05) is 53.0 Å². The van der Waals surface area contributed by atoms with Gasteiger partial charge in [0.2, 0.25) is 5.91 Å². The van der Waals surface area contributed by atoms with E-state index in [1.54, 1.807) is 11.3 Å². The summed E-state index contributed by atoms with van der Waals surface area (Å²) in [4.78, 5) is 35.7. The van der Waals surface area contributed by atoms with Gasteiger partial charge in [0.1, 0.15) is 11.7 Å². The SMILES string of the molecule is CCc1ccc(/C=C2/C(=O)N(CCCN3CCOCC3)C(C(=O)NC3CCCCC3)CN2C)s1. The van der Waals surface area contributed by atoms with E-state index in [9.17, 15) is 9.59 Å². The van der Waals surface area contributed by atoms with Crippen LogP contribution >= 0.6 is 11.3 Å². The minimum absolute atomic E-state index is 0.00177. The standard InChI is InChI=1S/C26H40N4O3S/c1-3-21-10-11-22(34-21)18-23-26(32)30(13-7-12-29-14-16-33-17-15-29)24(19-28(23)2)25(31)27-20-8-5-4-6-9-20/h10-11,18,20,24H,3-9,12-17,19H2,1-2H3,(H,27,31)/b23-18-. The predicted molar refractivity (Wildman–Crippen MR) is 137 cm³/mol. The van der Waals surface area contributed by atoms with Gasteiger partial charge < -0.3 is 19.9 Å². The van der Waals surface area contributed by atoms with Crippen molar-refractivity contribution in [2.45, 2.75) is 64.0 Å². The Morgan fingerprint density at radius 1 is 1.18 bits per heavy atom. The summed E-state index contributed by atoms with van der Waals surface area (Å²) in [5.41, 5.74) is 0.678. The van der Waals surface area contributed by atoms with Crippen LogP contribution in [0.4, 0.5) is 0 Å². The lowest BCUT2D eigenvalue weighted by atomic mass is 9.95. The van der Waals surface area contributed by atoms with E-state index >= 15 is 0 Å². The van der Waals surface area contributed by atoms with Gasteiger partial charge in [-0.15, -0.1) is 11.3 Å². The van der Waals surface area contributed by atoms with Crippen LogP contribution in [0.25, 0.3) is 6.08 Å². The van der Waals surface area contributed by atoms with E-state index in [2.05, 4.69) is 29.3 Å². The summed E-state index contributed by atoms with van der Waals surface area (Å²) in [6, 6.07) is 4.01. The molecule has 2 amide bonds. The maximum atomic E-state index is 13.7. The van der Waals surface area contributed by atoms with Gasteiger partial charge >= 0.3 is 0 Å². The number of carbonyl (C=O) groups is 2. The first-order valence-corrected chi connectivity index (χ1v) is 13.8. The Kier molecular flexibility index (Phi) is 9.03. The molecular weight excluding hydrogens is 448 g/mol. The Labute approximate surface area is 208 Å². The number of aryl methyl sites for hydroxylation is 1. The number of rotatable bonds is 8. The van der Waals surface area contributed by atoms with Crippen LogP contribution in [0.2, 0.25) is 0 Å². The molecule has 1 aliphatic carbocycles. The molecular formula is C26H40N4O3S. The van der Waals surface area contributed by atoms with Crippen molar-refractivity contribution in [3.63, 3.8) is 0 Å². The van der Waals surface area contributed by atoms with E-state index in [1.807, 2.05) is 22.9 Å². The third-order valence-corrected chi connectivity index (χ3v) is 8.43. The number of morpholine rings is 1. The highest BCUT2D eigenvalue weighted by Gasteiger charge is 2.39. The van der Waals surface area contributed by atoms with Gasteiger partial charge in [0.15, 0.2) is 0 Å². The van der Waals surface area contributed by atoms with Gasteiger partial charge in [-0.2, -0.15) is 0 Å². The molecule has 3 fully saturated rings. The lowest BCUT2D eigenvalue weighted by Crippen LogP contribution is -2.61. The molecule has 1 aromatic heterocycles. The smallest absolute Gasteiger partial charge is 0.270 e. The summed E-state index contributed by atoms with van der Waals surface area (Å²) in [6.45, 7) is 7.60. The zero-order chi connectivity index (χ0) is 23.9. The molecule has 0 bridgehead atoms. The molecule has 3 heterocycles. The summed E-state index contributed by atoms with van der Waals surface area (Å²) in [7, 11) is 1.93. The van der Waals surface area contributed by atoms with Crippen molar-refractivity contribution in [1.29, 1.82) is 0 Å². The number of hydrogen-bond donors (Lipinski definition) is 1. The maximum absolute atomic E-state index is 13.7. The summed E-state index contributed by atoms with van der Waals surface area (Å²) in [6.07, 6.45) is 9.53. The Morgan fingerprint density at radius 2 is 1.94 bits per heavy atom. The van der Waals surface area contributed by atoms with Crippen LogP contribution in [0.1, 0.15) is 55.2 Å². The normalized spacial score (nSPS) is 24.1. The molecule has 3 aliphatic rings. The Morgan fingerprint density at radius 3 is 2.65 bits per heavy atom. The van der Waals surface area contributed by atoms with Crippen LogP contribution in [0.15, 0.2) is 17.8 Å². The molecule has 1 N–H and O–H groups in total.